The Hall–Kier alpha value is -1.80. The zero-order chi connectivity index (χ0) is 13.3. The first-order valence-corrected chi connectivity index (χ1v) is 6.53. The number of thioether (sulfide) groups is 1. The van der Waals surface area contributed by atoms with E-state index in [-0.39, 0.29) is 5.78 Å². The fourth-order valence-electron chi connectivity index (χ4n) is 1.90. The number of rotatable bonds is 3. The average Bonchev–Trinajstić information content (AvgIpc) is 2.63. The molecule has 0 aliphatic rings. The summed E-state index contributed by atoms with van der Waals surface area (Å²) >= 11 is 1.32. The summed E-state index contributed by atoms with van der Waals surface area (Å²) in [5, 5.41) is 14.3. The van der Waals surface area contributed by atoms with E-state index in [1.165, 1.54) is 18.7 Å². The van der Waals surface area contributed by atoms with Crippen molar-refractivity contribution in [3.63, 3.8) is 0 Å². The van der Waals surface area contributed by atoms with Crippen LogP contribution >= 0.6 is 11.8 Å². The Balaban J connectivity index is 2.58. The monoisotopic (exact) mass is 259 g/mol. The molecule has 2 aromatic heterocycles. The quantitative estimate of drug-likeness (QED) is 0.795. The Morgan fingerprint density at radius 3 is 2.89 bits per heavy atom. The molecule has 0 spiro atoms. The van der Waals surface area contributed by atoms with E-state index >= 15 is 0 Å². The molecule has 0 amide bonds. The molecule has 92 valence electrons. The highest BCUT2D eigenvalue weighted by atomic mass is 32.2. The molecule has 0 radical (unpaired) electrons. The number of fused-ring (bicyclic) bond motifs is 1. The van der Waals surface area contributed by atoms with E-state index in [2.05, 4.69) is 11.2 Å². The molecule has 0 bridgehead atoms. The van der Waals surface area contributed by atoms with Gasteiger partial charge in [0.05, 0.1) is 11.3 Å². The van der Waals surface area contributed by atoms with Crippen LogP contribution in [0.4, 0.5) is 0 Å². The van der Waals surface area contributed by atoms with Crippen LogP contribution in [0.5, 0.6) is 0 Å². The largest absolute Gasteiger partial charge is 0.299 e. The average molecular weight is 259 g/mol. The number of ketones is 1. The highest BCUT2D eigenvalue weighted by Gasteiger charge is 2.15. The maximum absolute atomic E-state index is 11.0. The standard InChI is InChI=1S/C13H13N3OS/c1-8-4-9(2)12-11(5-14)13(15-16(12)6-8)18-7-10(3)17/h4,6H,7H2,1-3H3. The van der Waals surface area contributed by atoms with Crippen molar-refractivity contribution in [2.24, 2.45) is 0 Å². The van der Waals surface area contributed by atoms with Gasteiger partial charge in [0.25, 0.3) is 0 Å². The van der Waals surface area contributed by atoms with Gasteiger partial charge in [-0.3, -0.25) is 4.79 Å². The number of aromatic nitrogens is 2. The third kappa shape index (κ3) is 2.24. The lowest BCUT2D eigenvalue weighted by molar-refractivity contribution is -0.114. The first-order chi connectivity index (χ1) is 8.52. The predicted octanol–water partition coefficient (Wildman–Crippen LogP) is 2.50. The number of Topliss-reactive ketones (excluding diaryl/α,β-unsaturated/α-hetero) is 1. The van der Waals surface area contributed by atoms with Gasteiger partial charge in [-0.25, -0.2) is 4.52 Å². The molecule has 2 rings (SSSR count). The first-order valence-electron chi connectivity index (χ1n) is 5.55. The van der Waals surface area contributed by atoms with Crippen molar-refractivity contribution in [3.05, 3.63) is 29.0 Å². The second-order valence-corrected chi connectivity index (χ2v) is 5.24. The molecular weight excluding hydrogens is 246 g/mol. The zero-order valence-corrected chi connectivity index (χ0v) is 11.3. The van der Waals surface area contributed by atoms with Gasteiger partial charge in [0.15, 0.2) is 0 Å². The molecule has 0 aromatic carbocycles. The van der Waals surface area contributed by atoms with Crippen LogP contribution in [0, 0.1) is 25.2 Å². The van der Waals surface area contributed by atoms with Crippen molar-refractivity contribution < 1.29 is 4.79 Å². The number of carbonyl (C=O) groups is 1. The summed E-state index contributed by atoms with van der Waals surface area (Å²) in [6, 6.07) is 4.21. The molecule has 0 unspecified atom stereocenters. The van der Waals surface area contributed by atoms with E-state index in [4.69, 9.17) is 0 Å². The number of nitriles is 1. The second kappa shape index (κ2) is 4.83. The van der Waals surface area contributed by atoms with Gasteiger partial charge in [-0.2, -0.15) is 10.4 Å². The molecular formula is C13H13N3OS. The van der Waals surface area contributed by atoms with Crippen molar-refractivity contribution in [3.8, 4) is 6.07 Å². The van der Waals surface area contributed by atoms with Gasteiger partial charge in [-0.15, -0.1) is 0 Å². The lowest BCUT2D eigenvalue weighted by atomic mass is 10.1. The number of aryl methyl sites for hydroxylation is 2. The highest BCUT2D eigenvalue weighted by Crippen LogP contribution is 2.27. The van der Waals surface area contributed by atoms with E-state index in [1.807, 2.05) is 26.1 Å². The number of hydrogen-bond donors (Lipinski definition) is 0. The second-order valence-electron chi connectivity index (χ2n) is 4.28. The summed E-state index contributed by atoms with van der Waals surface area (Å²) < 4.78 is 1.73. The molecule has 0 saturated carbocycles. The van der Waals surface area contributed by atoms with Gasteiger partial charge in [0, 0.05) is 6.20 Å². The summed E-state index contributed by atoms with van der Waals surface area (Å²) in [7, 11) is 0. The molecule has 0 N–H and O–H groups in total. The fraction of sp³-hybridized carbons (Fsp3) is 0.308. The molecule has 0 fully saturated rings. The number of carbonyl (C=O) groups excluding carboxylic acids is 1. The summed E-state index contributed by atoms with van der Waals surface area (Å²) in [5.41, 5.74) is 3.50. The van der Waals surface area contributed by atoms with Gasteiger partial charge in [-0.1, -0.05) is 17.8 Å². The molecule has 5 heteroatoms. The topological polar surface area (TPSA) is 58.2 Å². The summed E-state index contributed by atoms with van der Waals surface area (Å²) in [6.45, 7) is 5.48. The van der Waals surface area contributed by atoms with Crippen molar-refractivity contribution >= 4 is 23.1 Å². The van der Waals surface area contributed by atoms with Gasteiger partial charge < -0.3 is 0 Å². The Morgan fingerprint density at radius 2 is 2.28 bits per heavy atom. The van der Waals surface area contributed by atoms with Crippen LogP contribution in [-0.2, 0) is 4.79 Å². The van der Waals surface area contributed by atoms with Crippen LogP contribution in [0.1, 0.15) is 23.6 Å². The maximum atomic E-state index is 11.0. The normalized spacial score (nSPS) is 10.6. The van der Waals surface area contributed by atoms with Crippen LogP contribution in [0.3, 0.4) is 0 Å². The Labute approximate surface area is 110 Å². The van der Waals surface area contributed by atoms with E-state index < -0.39 is 0 Å². The molecule has 0 atom stereocenters. The smallest absolute Gasteiger partial charge is 0.140 e. The lowest BCUT2D eigenvalue weighted by Crippen LogP contribution is -1.94. The van der Waals surface area contributed by atoms with Crippen LogP contribution in [-0.4, -0.2) is 21.2 Å². The van der Waals surface area contributed by atoms with Crippen LogP contribution < -0.4 is 0 Å². The highest BCUT2D eigenvalue weighted by molar-refractivity contribution is 8.00. The van der Waals surface area contributed by atoms with Gasteiger partial charge in [0.2, 0.25) is 0 Å². The van der Waals surface area contributed by atoms with Crippen molar-refractivity contribution in [2.45, 2.75) is 25.8 Å². The molecule has 0 aliphatic heterocycles. The van der Waals surface area contributed by atoms with E-state index in [9.17, 15) is 10.1 Å². The summed E-state index contributed by atoms with van der Waals surface area (Å²) in [4.78, 5) is 11.0. The van der Waals surface area contributed by atoms with Crippen molar-refractivity contribution in [1.29, 1.82) is 5.26 Å². The summed E-state index contributed by atoms with van der Waals surface area (Å²) in [6.07, 6.45) is 1.89. The summed E-state index contributed by atoms with van der Waals surface area (Å²) in [5.74, 6) is 0.421. The molecule has 0 aliphatic carbocycles. The predicted molar refractivity (Wildman–Crippen MR) is 70.8 cm³/mol. The number of hydrogen-bond acceptors (Lipinski definition) is 4. The molecule has 2 aromatic rings. The Kier molecular flexibility index (Phi) is 3.39. The lowest BCUT2D eigenvalue weighted by Gasteiger charge is -1.99. The van der Waals surface area contributed by atoms with Crippen molar-refractivity contribution in [1.82, 2.24) is 9.61 Å². The van der Waals surface area contributed by atoms with Crippen LogP contribution in [0.15, 0.2) is 17.3 Å². The van der Waals surface area contributed by atoms with E-state index in [0.29, 0.717) is 16.3 Å². The van der Waals surface area contributed by atoms with Crippen molar-refractivity contribution in [2.75, 3.05) is 5.75 Å². The molecule has 4 nitrogen and oxygen atoms in total. The SMILES string of the molecule is CC(=O)CSc1nn2cc(C)cc(C)c2c1C#N. The fourth-order valence-corrected chi connectivity index (χ4v) is 2.67. The minimum absolute atomic E-state index is 0.0776. The Bertz CT molecular complexity index is 667. The zero-order valence-electron chi connectivity index (χ0n) is 10.5. The maximum Gasteiger partial charge on any atom is 0.140 e. The first kappa shape index (κ1) is 12.7. The van der Waals surface area contributed by atoms with E-state index in [1.54, 1.807) is 4.52 Å². The molecule has 18 heavy (non-hydrogen) atoms. The van der Waals surface area contributed by atoms with Crippen LogP contribution in [0.25, 0.3) is 5.52 Å². The molecule has 0 saturated heterocycles. The van der Waals surface area contributed by atoms with Gasteiger partial charge >= 0.3 is 0 Å². The van der Waals surface area contributed by atoms with Gasteiger partial charge in [0.1, 0.15) is 22.4 Å². The Morgan fingerprint density at radius 1 is 1.56 bits per heavy atom. The number of pyridine rings is 1. The molecule has 2 heterocycles. The van der Waals surface area contributed by atoms with Crippen LogP contribution in [0.2, 0.25) is 0 Å². The third-order valence-corrected chi connectivity index (χ3v) is 3.66. The minimum atomic E-state index is 0.0776. The third-order valence-electron chi connectivity index (χ3n) is 2.55. The number of nitrogens with zero attached hydrogens (tertiary/aromatic N) is 3. The van der Waals surface area contributed by atoms with E-state index in [0.717, 1.165) is 16.6 Å². The van der Waals surface area contributed by atoms with Gasteiger partial charge in [-0.05, 0) is 31.9 Å². The minimum Gasteiger partial charge on any atom is -0.299 e.